The van der Waals surface area contributed by atoms with Crippen LogP contribution >= 0.6 is 11.6 Å². The van der Waals surface area contributed by atoms with E-state index in [2.05, 4.69) is 4.90 Å². The summed E-state index contributed by atoms with van der Waals surface area (Å²) in [6.07, 6.45) is 1.12. The number of ether oxygens (including phenoxy) is 2. The fraction of sp³-hybridized carbons (Fsp3) is 0.500. The van der Waals surface area contributed by atoms with Gasteiger partial charge in [-0.1, -0.05) is 11.6 Å². The average molecular weight is 483 g/mol. The lowest BCUT2D eigenvalue weighted by molar-refractivity contribution is -0.0742. The van der Waals surface area contributed by atoms with Crippen molar-refractivity contribution >= 4 is 17.3 Å². The molecule has 9 heteroatoms. The van der Waals surface area contributed by atoms with Crippen LogP contribution in [0.5, 0.6) is 5.75 Å². The highest BCUT2D eigenvalue weighted by molar-refractivity contribution is 6.30. The van der Waals surface area contributed by atoms with E-state index in [1.807, 2.05) is 4.90 Å². The minimum absolute atomic E-state index is 0.0487. The number of aliphatic hydroxyl groups is 2. The van der Waals surface area contributed by atoms with E-state index in [1.54, 1.807) is 12.1 Å². The Balaban J connectivity index is 1.33. The van der Waals surface area contributed by atoms with Gasteiger partial charge in [-0.15, -0.1) is 0 Å². The average Bonchev–Trinajstić information content (AvgIpc) is 2.97. The Morgan fingerprint density at radius 1 is 1.00 bits per heavy atom. The Bertz CT molecular complexity index is 941. The molecule has 33 heavy (non-hydrogen) atoms. The predicted molar refractivity (Wildman–Crippen MR) is 122 cm³/mol. The first-order valence-electron chi connectivity index (χ1n) is 11.1. The third-order valence-electron chi connectivity index (χ3n) is 6.24. The topological polar surface area (TPSA) is 65.4 Å². The summed E-state index contributed by atoms with van der Waals surface area (Å²) in [4.78, 5) is 4.14. The van der Waals surface area contributed by atoms with Gasteiger partial charge in [0.1, 0.15) is 29.6 Å². The van der Waals surface area contributed by atoms with Crippen LogP contribution in [0.2, 0.25) is 5.02 Å². The number of nitrogens with zero attached hydrogens (tertiary/aromatic N) is 2. The van der Waals surface area contributed by atoms with Gasteiger partial charge < -0.3 is 24.6 Å². The normalized spacial score (nSPS) is 23.8. The molecule has 0 radical (unpaired) electrons. The molecule has 2 aliphatic heterocycles. The highest BCUT2D eigenvalue weighted by atomic mass is 35.5. The second-order valence-electron chi connectivity index (χ2n) is 9.04. The van der Waals surface area contributed by atoms with Crippen LogP contribution in [0.15, 0.2) is 42.5 Å². The molecule has 6 nitrogen and oxygen atoms in total. The van der Waals surface area contributed by atoms with Crippen molar-refractivity contribution in [3.05, 3.63) is 59.1 Å². The molecule has 2 aliphatic rings. The first kappa shape index (κ1) is 24.2. The standard InChI is InChI=1S/C24H29ClF2N2O4/c25-21-13-20(5-6-22(21)27)33-17-24(31)15-28(11-12-32-16-24)14-23(30)7-9-29(10-8-23)19-3-1-18(26)2-4-19/h1-6,13,30-31H,7-12,14-17H2. The van der Waals surface area contributed by atoms with Gasteiger partial charge in [0.15, 0.2) is 0 Å². The maximum absolute atomic E-state index is 13.4. The highest BCUT2D eigenvalue weighted by Gasteiger charge is 2.39. The number of hydrogen-bond acceptors (Lipinski definition) is 6. The molecule has 2 aromatic rings. The summed E-state index contributed by atoms with van der Waals surface area (Å²) in [6.45, 7) is 3.04. The summed E-state index contributed by atoms with van der Waals surface area (Å²) in [6, 6.07) is 10.4. The Kier molecular flexibility index (Phi) is 7.40. The molecular formula is C24H29ClF2N2O4. The SMILES string of the molecule is OC1(CN2CCOCC(O)(COc3ccc(F)c(Cl)c3)C2)CCN(c2ccc(F)cc2)CC1. The Morgan fingerprint density at radius 2 is 1.73 bits per heavy atom. The van der Waals surface area contributed by atoms with Crippen LogP contribution in [-0.4, -0.2) is 78.9 Å². The van der Waals surface area contributed by atoms with Gasteiger partial charge >= 0.3 is 0 Å². The number of rotatable bonds is 6. The van der Waals surface area contributed by atoms with Crippen LogP contribution in [0.3, 0.4) is 0 Å². The number of hydrogen-bond donors (Lipinski definition) is 2. The van der Waals surface area contributed by atoms with Crippen LogP contribution in [0, 0.1) is 11.6 Å². The van der Waals surface area contributed by atoms with E-state index in [-0.39, 0.29) is 30.6 Å². The molecule has 4 rings (SSSR count). The largest absolute Gasteiger partial charge is 0.490 e. The van der Waals surface area contributed by atoms with E-state index in [0.717, 1.165) is 5.69 Å². The smallest absolute Gasteiger partial charge is 0.142 e. The fourth-order valence-electron chi connectivity index (χ4n) is 4.41. The summed E-state index contributed by atoms with van der Waals surface area (Å²) in [7, 11) is 0. The van der Waals surface area contributed by atoms with Crippen molar-refractivity contribution in [3.8, 4) is 5.75 Å². The molecule has 180 valence electrons. The van der Waals surface area contributed by atoms with Crippen LogP contribution in [0.1, 0.15) is 12.8 Å². The molecule has 0 aliphatic carbocycles. The molecule has 1 atom stereocenters. The number of halogens is 3. The van der Waals surface area contributed by atoms with E-state index < -0.39 is 17.0 Å². The maximum atomic E-state index is 13.4. The van der Waals surface area contributed by atoms with Gasteiger partial charge in [0.2, 0.25) is 0 Å². The summed E-state index contributed by atoms with van der Waals surface area (Å²) in [5.41, 5.74) is -1.25. The first-order chi connectivity index (χ1) is 15.7. The first-order valence-corrected chi connectivity index (χ1v) is 11.4. The molecule has 0 bridgehead atoms. The number of anilines is 1. The summed E-state index contributed by atoms with van der Waals surface area (Å²) in [5.74, 6) is -0.447. The third kappa shape index (κ3) is 6.33. The Labute approximate surface area is 197 Å². The van der Waals surface area contributed by atoms with Crippen molar-refractivity contribution < 1.29 is 28.5 Å². The number of benzene rings is 2. The molecule has 0 spiro atoms. The van der Waals surface area contributed by atoms with Gasteiger partial charge in [-0.3, -0.25) is 4.90 Å². The molecule has 2 N–H and O–H groups in total. The van der Waals surface area contributed by atoms with Crippen molar-refractivity contribution in [1.82, 2.24) is 4.90 Å². The second kappa shape index (κ2) is 10.1. The Morgan fingerprint density at radius 3 is 2.42 bits per heavy atom. The van der Waals surface area contributed by atoms with Gasteiger partial charge in [-0.05, 0) is 49.2 Å². The molecule has 0 saturated carbocycles. The van der Waals surface area contributed by atoms with Crippen molar-refractivity contribution in [1.29, 1.82) is 0 Å². The van der Waals surface area contributed by atoms with Crippen molar-refractivity contribution in [2.24, 2.45) is 0 Å². The van der Waals surface area contributed by atoms with Crippen molar-refractivity contribution in [2.45, 2.75) is 24.0 Å². The quantitative estimate of drug-likeness (QED) is 0.659. The molecule has 2 aromatic carbocycles. The van der Waals surface area contributed by atoms with E-state index in [1.165, 1.54) is 30.3 Å². The van der Waals surface area contributed by atoms with E-state index in [9.17, 15) is 19.0 Å². The summed E-state index contributed by atoms with van der Waals surface area (Å²) >= 11 is 5.80. The van der Waals surface area contributed by atoms with Crippen molar-refractivity contribution in [3.63, 3.8) is 0 Å². The molecule has 2 saturated heterocycles. The van der Waals surface area contributed by atoms with Crippen LogP contribution in [-0.2, 0) is 4.74 Å². The van der Waals surface area contributed by atoms with E-state index in [4.69, 9.17) is 21.1 Å². The highest BCUT2D eigenvalue weighted by Crippen LogP contribution is 2.29. The van der Waals surface area contributed by atoms with Crippen LogP contribution in [0.4, 0.5) is 14.5 Å². The fourth-order valence-corrected chi connectivity index (χ4v) is 4.58. The summed E-state index contributed by atoms with van der Waals surface area (Å²) < 4.78 is 37.8. The lowest BCUT2D eigenvalue weighted by Crippen LogP contribution is -2.55. The zero-order valence-corrected chi connectivity index (χ0v) is 19.1. The van der Waals surface area contributed by atoms with Crippen LogP contribution in [0.25, 0.3) is 0 Å². The minimum Gasteiger partial charge on any atom is -0.490 e. The molecule has 2 fully saturated rings. The zero-order chi connectivity index (χ0) is 23.5. The maximum Gasteiger partial charge on any atom is 0.142 e. The summed E-state index contributed by atoms with van der Waals surface area (Å²) in [5, 5.41) is 22.3. The predicted octanol–water partition coefficient (Wildman–Crippen LogP) is 3.09. The molecule has 2 heterocycles. The molecular weight excluding hydrogens is 454 g/mol. The molecule has 1 unspecified atom stereocenters. The van der Waals surface area contributed by atoms with Gasteiger partial charge in [-0.25, -0.2) is 8.78 Å². The molecule has 0 amide bonds. The third-order valence-corrected chi connectivity index (χ3v) is 6.53. The van der Waals surface area contributed by atoms with E-state index >= 15 is 0 Å². The lowest BCUT2D eigenvalue weighted by Gasteiger charge is -2.42. The Hall–Kier alpha value is -1.97. The number of β-amino-alcohol motifs (C(OH)–C–C–N with tert-alkyl or cyclic N) is 2. The lowest BCUT2D eigenvalue weighted by atomic mass is 9.90. The van der Waals surface area contributed by atoms with Gasteiger partial charge in [0.05, 0.1) is 23.8 Å². The second-order valence-corrected chi connectivity index (χ2v) is 9.45. The molecule has 0 aromatic heterocycles. The van der Waals surface area contributed by atoms with Gasteiger partial charge in [-0.2, -0.15) is 0 Å². The van der Waals surface area contributed by atoms with E-state index in [0.29, 0.717) is 51.4 Å². The van der Waals surface area contributed by atoms with Gasteiger partial charge in [0.25, 0.3) is 0 Å². The monoisotopic (exact) mass is 482 g/mol. The zero-order valence-electron chi connectivity index (χ0n) is 18.4. The van der Waals surface area contributed by atoms with Crippen molar-refractivity contribution in [2.75, 3.05) is 57.4 Å². The van der Waals surface area contributed by atoms with Gasteiger partial charge in [0, 0.05) is 44.5 Å². The number of piperidine rings is 1. The van der Waals surface area contributed by atoms with Crippen LogP contribution < -0.4 is 9.64 Å². The minimum atomic E-state index is -1.29.